The maximum absolute atomic E-state index is 13.2. The van der Waals surface area contributed by atoms with E-state index >= 15 is 0 Å². The van der Waals surface area contributed by atoms with Gasteiger partial charge in [-0.3, -0.25) is 14.5 Å². The van der Waals surface area contributed by atoms with Crippen molar-refractivity contribution in [1.29, 1.82) is 0 Å². The summed E-state index contributed by atoms with van der Waals surface area (Å²) in [5.74, 6) is -0.406. The topological polar surface area (TPSA) is 85.2 Å². The van der Waals surface area contributed by atoms with Crippen LogP contribution in [-0.2, 0) is 17.8 Å². The van der Waals surface area contributed by atoms with Crippen molar-refractivity contribution in [2.75, 3.05) is 26.2 Å². The molecule has 4 aromatic rings. The summed E-state index contributed by atoms with van der Waals surface area (Å²) in [7, 11) is 0. The van der Waals surface area contributed by atoms with Crippen molar-refractivity contribution in [2.45, 2.75) is 13.0 Å². The molecule has 39 heavy (non-hydrogen) atoms. The lowest BCUT2D eigenvalue weighted by Gasteiger charge is -2.35. The Labute approximate surface area is 232 Å². The van der Waals surface area contributed by atoms with Gasteiger partial charge in [-0.25, -0.2) is 5.43 Å². The van der Waals surface area contributed by atoms with Crippen LogP contribution >= 0.6 is 11.6 Å². The Morgan fingerprint density at radius 1 is 0.897 bits per heavy atom. The van der Waals surface area contributed by atoms with Gasteiger partial charge < -0.3 is 10.0 Å². The largest absolute Gasteiger partial charge is 0.506 e. The van der Waals surface area contributed by atoms with Gasteiger partial charge >= 0.3 is 0 Å². The van der Waals surface area contributed by atoms with Gasteiger partial charge in [0.2, 0.25) is 5.91 Å². The third kappa shape index (κ3) is 6.45. The molecule has 7 nitrogen and oxygen atoms in total. The van der Waals surface area contributed by atoms with Gasteiger partial charge in [-0.1, -0.05) is 78.3 Å². The zero-order valence-corrected chi connectivity index (χ0v) is 22.1. The first-order valence-electron chi connectivity index (χ1n) is 12.8. The van der Waals surface area contributed by atoms with Crippen molar-refractivity contribution >= 4 is 40.4 Å². The Balaban J connectivity index is 1.22. The van der Waals surface area contributed by atoms with E-state index in [-0.39, 0.29) is 22.2 Å². The number of benzene rings is 4. The number of rotatable bonds is 7. The molecule has 1 heterocycles. The predicted octanol–water partition coefficient (Wildman–Crippen LogP) is 4.85. The molecule has 1 aliphatic heterocycles. The average Bonchev–Trinajstić information content (AvgIpc) is 2.96. The molecule has 1 aliphatic rings. The number of carbonyl (C=O) groups excluding carboxylic acids is 2. The minimum atomic E-state index is -0.441. The van der Waals surface area contributed by atoms with Gasteiger partial charge in [0.15, 0.2) is 0 Å². The summed E-state index contributed by atoms with van der Waals surface area (Å²) in [5, 5.41) is 15.7. The first kappa shape index (κ1) is 26.4. The summed E-state index contributed by atoms with van der Waals surface area (Å²) in [6.45, 7) is 4.07. The third-order valence-electron chi connectivity index (χ3n) is 6.94. The van der Waals surface area contributed by atoms with Gasteiger partial charge in [-0.2, -0.15) is 5.10 Å². The normalized spacial score (nSPS) is 14.1. The molecule has 198 valence electrons. The number of phenols is 1. The van der Waals surface area contributed by atoms with E-state index in [1.54, 1.807) is 6.21 Å². The SMILES string of the molecule is O=C(NN=Cc1ccc(CC(=O)N2CCN(Cc3ccccc3)CC2)c2ccccc12)c1ccc(O)c(Cl)c1. The van der Waals surface area contributed by atoms with Crippen LogP contribution in [0, 0.1) is 0 Å². The fourth-order valence-corrected chi connectivity index (χ4v) is 4.98. The van der Waals surface area contributed by atoms with Gasteiger partial charge in [0.05, 0.1) is 17.7 Å². The highest BCUT2D eigenvalue weighted by Crippen LogP contribution is 2.24. The minimum Gasteiger partial charge on any atom is -0.506 e. The Hall–Kier alpha value is -4.20. The van der Waals surface area contributed by atoms with E-state index in [4.69, 9.17) is 11.6 Å². The Bertz CT molecular complexity index is 1520. The van der Waals surface area contributed by atoms with Crippen LogP contribution in [0.2, 0.25) is 5.02 Å². The molecule has 0 spiro atoms. The maximum Gasteiger partial charge on any atom is 0.271 e. The van der Waals surface area contributed by atoms with E-state index in [9.17, 15) is 14.7 Å². The fraction of sp³-hybridized carbons (Fsp3) is 0.194. The van der Waals surface area contributed by atoms with Crippen LogP contribution in [-0.4, -0.2) is 59.1 Å². The van der Waals surface area contributed by atoms with Crippen LogP contribution in [0.25, 0.3) is 10.8 Å². The zero-order valence-electron chi connectivity index (χ0n) is 21.4. The summed E-state index contributed by atoms with van der Waals surface area (Å²) >= 11 is 5.89. The fourth-order valence-electron chi connectivity index (χ4n) is 4.80. The van der Waals surface area contributed by atoms with Gasteiger partial charge in [-0.15, -0.1) is 0 Å². The molecule has 0 aliphatic carbocycles. The smallest absolute Gasteiger partial charge is 0.271 e. The van der Waals surface area contributed by atoms with Gasteiger partial charge in [0, 0.05) is 43.9 Å². The van der Waals surface area contributed by atoms with E-state index in [0.717, 1.165) is 54.6 Å². The van der Waals surface area contributed by atoms with E-state index in [2.05, 4.69) is 39.7 Å². The van der Waals surface area contributed by atoms with Crippen molar-refractivity contribution in [3.05, 3.63) is 112 Å². The highest BCUT2D eigenvalue weighted by atomic mass is 35.5. The number of carbonyl (C=O) groups is 2. The molecular formula is C31H29ClN4O3. The van der Waals surface area contributed by atoms with Crippen LogP contribution in [0.15, 0.2) is 90.0 Å². The van der Waals surface area contributed by atoms with Gasteiger partial charge in [0.1, 0.15) is 5.75 Å². The Kier molecular flexibility index (Phi) is 8.20. The van der Waals surface area contributed by atoms with Crippen LogP contribution in [0.4, 0.5) is 0 Å². The second kappa shape index (κ2) is 12.1. The van der Waals surface area contributed by atoms with Crippen molar-refractivity contribution in [2.24, 2.45) is 5.10 Å². The molecule has 5 rings (SSSR count). The highest BCUT2D eigenvalue weighted by Gasteiger charge is 2.22. The number of hydrazone groups is 1. The molecule has 0 radical (unpaired) electrons. The van der Waals surface area contributed by atoms with E-state index < -0.39 is 5.91 Å². The predicted molar refractivity (Wildman–Crippen MR) is 154 cm³/mol. The third-order valence-corrected chi connectivity index (χ3v) is 7.25. The standard InChI is InChI=1S/C31H29ClN4O3/c32-28-18-24(12-13-29(28)37)31(39)34-33-20-25-11-10-23(26-8-4-5-9-27(25)26)19-30(38)36-16-14-35(15-17-36)21-22-6-2-1-3-7-22/h1-13,18,20,37H,14-17,19,21H2,(H,34,39). The molecule has 0 aromatic heterocycles. The second-order valence-corrected chi connectivity index (χ2v) is 9.95. The van der Waals surface area contributed by atoms with E-state index in [0.29, 0.717) is 6.42 Å². The van der Waals surface area contributed by atoms with E-state index in [1.165, 1.54) is 23.8 Å². The van der Waals surface area contributed by atoms with Crippen LogP contribution in [0.3, 0.4) is 0 Å². The highest BCUT2D eigenvalue weighted by molar-refractivity contribution is 6.32. The van der Waals surface area contributed by atoms with Crippen LogP contribution < -0.4 is 5.43 Å². The van der Waals surface area contributed by atoms with Crippen LogP contribution in [0.5, 0.6) is 5.75 Å². The van der Waals surface area contributed by atoms with Crippen molar-refractivity contribution in [3.8, 4) is 5.75 Å². The van der Waals surface area contributed by atoms with Crippen molar-refractivity contribution < 1.29 is 14.7 Å². The lowest BCUT2D eigenvalue weighted by atomic mass is 9.97. The molecule has 1 fully saturated rings. The van der Waals surface area contributed by atoms with Crippen LogP contribution in [0.1, 0.15) is 27.0 Å². The summed E-state index contributed by atoms with van der Waals surface area (Å²) < 4.78 is 0. The minimum absolute atomic E-state index is 0.0907. The molecule has 0 atom stereocenters. The number of hydrogen-bond acceptors (Lipinski definition) is 5. The molecule has 1 saturated heterocycles. The monoisotopic (exact) mass is 540 g/mol. The number of phenolic OH excluding ortho intramolecular Hbond substituents is 1. The number of hydrogen-bond donors (Lipinski definition) is 2. The van der Waals surface area contributed by atoms with Crippen molar-refractivity contribution in [1.82, 2.24) is 15.2 Å². The number of nitrogens with one attached hydrogen (secondary N) is 1. The average molecular weight is 541 g/mol. The second-order valence-electron chi connectivity index (χ2n) is 9.54. The number of nitrogens with zero attached hydrogens (tertiary/aromatic N) is 3. The Morgan fingerprint density at radius 3 is 2.36 bits per heavy atom. The number of amides is 2. The summed E-state index contributed by atoms with van der Waals surface area (Å²) in [4.78, 5) is 29.9. The summed E-state index contributed by atoms with van der Waals surface area (Å²) in [5.41, 5.74) is 5.85. The maximum atomic E-state index is 13.2. The first-order chi connectivity index (χ1) is 19.0. The number of aromatic hydroxyl groups is 1. The number of fused-ring (bicyclic) bond motifs is 1. The molecule has 8 heteroatoms. The van der Waals surface area contributed by atoms with Crippen molar-refractivity contribution in [3.63, 3.8) is 0 Å². The lowest BCUT2D eigenvalue weighted by Crippen LogP contribution is -2.48. The molecule has 2 N–H and O–H groups in total. The molecule has 0 bridgehead atoms. The summed E-state index contributed by atoms with van der Waals surface area (Å²) in [6, 6.07) is 26.4. The van der Waals surface area contributed by atoms with Gasteiger partial charge in [0.25, 0.3) is 5.91 Å². The number of halogens is 1. The van der Waals surface area contributed by atoms with E-state index in [1.807, 2.05) is 47.4 Å². The first-order valence-corrected chi connectivity index (χ1v) is 13.2. The quantitative estimate of drug-likeness (QED) is 0.259. The lowest BCUT2D eigenvalue weighted by molar-refractivity contribution is -0.132. The summed E-state index contributed by atoms with van der Waals surface area (Å²) in [6.07, 6.45) is 1.91. The molecule has 4 aromatic carbocycles. The number of piperazine rings is 1. The molecule has 2 amide bonds. The zero-order chi connectivity index (χ0) is 27.2. The Morgan fingerprint density at radius 2 is 1.62 bits per heavy atom. The molecular weight excluding hydrogens is 512 g/mol. The van der Waals surface area contributed by atoms with Gasteiger partial charge in [-0.05, 0) is 40.1 Å². The molecule has 0 saturated carbocycles. The molecule has 0 unspecified atom stereocenters.